The zero-order chi connectivity index (χ0) is 8.10. The van der Waals surface area contributed by atoms with Crippen molar-refractivity contribution in [3.8, 4) is 0 Å². The summed E-state index contributed by atoms with van der Waals surface area (Å²) in [6.07, 6.45) is 3.40. The molecule has 11 heavy (non-hydrogen) atoms. The maximum absolute atomic E-state index is 8.70. The monoisotopic (exact) mass is 172 g/mol. The molecule has 0 bridgehead atoms. The fraction of sp³-hybridized carbons (Fsp3) is 0.778. The molecule has 64 valence electrons. The second-order valence-corrected chi connectivity index (χ2v) is 4.20. The van der Waals surface area contributed by atoms with Gasteiger partial charge in [-0.3, -0.25) is 0 Å². The lowest BCUT2D eigenvalue weighted by atomic mass is 9.95. The number of hydrogen-bond donors (Lipinski definition) is 1. The molecule has 0 aromatic rings. The Labute approximate surface area is 72.9 Å². The van der Waals surface area contributed by atoms with Crippen molar-refractivity contribution in [2.24, 2.45) is 5.92 Å². The van der Waals surface area contributed by atoms with Gasteiger partial charge in [-0.1, -0.05) is 12.2 Å². The highest BCUT2D eigenvalue weighted by atomic mass is 32.2. The molecule has 1 saturated heterocycles. The smallest absolute Gasteiger partial charge is 0.0468 e. The van der Waals surface area contributed by atoms with Crippen molar-refractivity contribution in [3.63, 3.8) is 0 Å². The molecule has 0 amide bonds. The van der Waals surface area contributed by atoms with E-state index < -0.39 is 0 Å². The van der Waals surface area contributed by atoms with Crippen molar-refractivity contribution in [3.05, 3.63) is 12.2 Å². The van der Waals surface area contributed by atoms with Gasteiger partial charge in [0.05, 0.1) is 0 Å². The van der Waals surface area contributed by atoms with Gasteiger partial charge in [0.1, 0.15) is 0 Å². The van der Waals surface area contributed by atoms with Gasteiger partial charge < -0.3 is 5.11 Å². The number of aliphatic hydroxyl groups is 1. The van der Waals surface area contributed by atoms with E-state index in [1.165, 1.54) is 29.9 Å². The second-order valence-electron chi connectivity index (χ2n) is 3.05. The van der Waals surface area contributed by atoms with Crippen LogP contribution in [-0.4, -0.2) is 23.2 Å². The quantitative estimate of drug-likeness (QED) is 0.658. The molecule has 2 heteroatoms. The van der Waals surface area contributed by atoms with Crippen LogP contribution in [0, 0.1) is 5.92 Å². The second kappa shape index (κ2) is 4.83. The third-order valence-corrected chi connectivity index (χ3v) is 3.39. The molecular weight excluding hydrogens is 156 g/mol. The van der Waals surface area contributed by atoms with E-state index in [0.717, 1.165) is 6.42 Å². The van der Waals surface area contributed by atoms with Crippen molar-refractivity contribution >= 4 is 11.8 Å². The van der Waals surface area contributed by atoms with Crippen LogP contribution in [0.4, 0.5) is 0 Å². The van der Waals surface area contributed by atoms with Crippen LogP contribution in [0.25, 0.3) is 0 Å². The maximum Gasteiger partial charge on any atom is 0.0468 e. The highest BCUT2D eigenvalue weighted by molar-refractivity contribution is 7.99. The predicted octanol–water partition coefficient (Wildman–Crippen LogP) is 2.07. The molecule has 1 rings (SSSR count). The van der Waals surface area contributed by atoms with Crippen LogP contribution < -0.4 is 0 Å². The zero-order valence-electron chi connectivity index (χ0n) is 6.88. The zero-order valence-corrected chi connectivity index (χ0v) is 7.70. The number of aliphatic hydroxyl groups excluding tert-OH is 1. The summed E-state index contributed by atoms with van der Waals surface area (Å²) in [7, 11) is 0. The summed E-state index contributed by atoms with van der Waals surface area (Å²) < 4.78 is 0. The van der Waals surface area contributed by atoms with Gasteiger partial charge in [-0.2, -0.15) is 11.8 Å². The van der Waals surface area contributed by atoms with Crippen molar-refractivity contribution < 1.29 is 5.11 Å². The first-order chi connectivity index (χ1) is 5.34. The summed E-state index contributed by atoms with van der Waals surface area (Å²) in [5.41, 5.74) is 1.25. The normalized spacial score (nSPS) is 25.0. The van der Waals surface area contributed by atoms with Gasteiger partial charge in [-0.05, 0) is 36.7 Å². The molecule has 1 aliphatic heterocycles. The Morgan fingerprint density at radius 2 is 2.45 bits per heavy atom. The Bertz CT molecular complexity index is 128. The minimum absolute atomic E-state index is 0.264. The number of rotatable bonds is 3. The minimum Gasteiger partial charge on any atom is -0.396 e. The molecule has 0 aromatic carbocycles. The maximum atomic E-state index is 8.70. The summed E-state index contributed by atoms with van der Waals surface area (Å²) in [5, 5.41) is 8.70. The van der Waals surface area contributed by atoms with E-state index >= 15 is 0 Å². The van der Waals surface area contributed by atoms with E-state index in [4.69, 9.17) is 5.11 Å². The van der Waals surface area contributed by atoms with Crippen molar-refractivity contribution in [2.45, 2.75) is 19.3 Å². The molecule has 0 saturated carbocycles. The van der Waals surface area contributed by atoms with Gasteiger partial charge in [-0.15, -0.1) is 0 Å². The Hall–Kier alpha value is 0.0500. The Morgan fingerprint density at radius 3 is 3.00 bits per heavy atom. The Kier molecular flexibility index (Phi) is 4.02. The molecule has 0 radical (unpaired) electrons. The van der Waals surface area contributed by atoms with E-state index in [9.17, 15) is 0 Å². The SMILES string of the molecule is C=C(CCO)C1CCCSC1. The van der Waals surface area contributed by atoms with E-state index in [0.29, 0.717) is 5.92 Å². The van der Waals surface area contributed by atoms with Crippen LogP contribution in [0.15, 0.2) is 12.2 Å². The molecule has 1 N–H and O–H groups in total. The summed E-state index contributed by atoms with van der Waals surface area (Å²) in [6, 6.07) is 0. The van der Waals surface area contributed by atoms with Crippen molar-refractivity contribution in [2.75, 3.05) is 18.1 Å². The van der Waals surface area contributed by atoms with Crippen LogP contribution in [0.1, 0.15) is 19.3 Å². The molecule has 0 spiro atoms. The van der Waals surface area contributed by atoms with Gasteiger partial charge in [0, 0.05) is 6.61 Å². The summed E-state index contributed by atoms with van der Waals surface area (Å²) in [6.45, 7) is 4.26. The standard InChI is InChI=1S/C9H16OS/c1-8(4-5-10)9-3-2-6-11-7-9/h9-10H,1-7H2. The first-order valence-corrected chi connectivity index (χ1v) is 5.36. The summed E-state index contributed by atoms with van der Waals surface area (Å²) in [4.78, 5) is 0. The van der Waals surface area contributed by atoms with Gasteiger partial charge in [-0.25, -0.2) is 0 Å². The third kappa shape index (κ3) is 2.88. The average molecular weight is 172 g/mol. The largest absolute Gasteiger partial charge is 0.396 e. The van der Waals surface area contributed by atoms with Crippen LogP contribution >= 0.6 is 11.8 Å². The Morgan fingerprint density at radius 1 is 1.64 bits per heavy atom. The fourth-order valence-electron chi connectivity index (χ4n) is 1.41. The first-order valence-electron chi connectivity index (χ1n) is 4.21. The summed E-state index contributed by atoms with van der Waals surface area (Å²) in [5.74, 6) is 3.21. The van der Waals surface area contributed by atoms with Gasteiger partial charge in [0.2, 0.25) is 0 Å². The third-order valence-electron chi connectivity index (χ3n) is 2.17. The molecule has 1 nitrogen and oxygen atoms in total. The molecule has 0 aromatic heterocycles. The lowest BCUT2D eigenvalue weighted by Gasteiger charge is -2.22. The molecule has 1 unspecified atom stereocenters. The molecule has 1 aliphatic rings. The number of thioether (sulfide) groups is 1. The highest BCUT2D eigenvalue weighted by Crippen LogP contribution is 2.28. The van der Waals surface area contributed by atoms with Crippen molar-refractivity contribution in [1.82, 2.24) is 0 Å². The predicted molar refractivity (Wildman–Crippen MR) is 50.9 cm³/mol. The van der Waals surface area contributed by atoms with E-state index in [-0.39, 0.29) is 6.61 Å². The van der Waals surface area contributed by atoms with E-state index in [2.05, 4.69) is 6.58 Å². The number of hydrogen-bond acceptors (Lipinski definition) is 2. The van der Waals surface area contributed by atoms with Crippen LogP contribution in [0.2, 0.25) is 0 Å². The molecule has 1 fully saturated rings. The molecular formula is C9H16OS. The molecule has 1 atom stereocenters. The van der Waals surface area contributed by atoms with Gasteiger partial charge >= 0.3 is 0 Å². The topological polar surface area (TPSA) is 20.2 Å². The minimum atomic E-state index is 0.264. The van der Waals surface area contributed by atoms with Crippen LogP contribution in [0.5, 0.6) is 0 Å². The van der Waals surface area contributed by atoms with E-state index in [1.807, 2.05) is 11.8 Å². The average Bonchev–Trinajstić information content (AvgIpc) is 2.07. The molecule has 1 heterocycles. The fourth-order valence-corrected chi connectivity index (χ4v) is 2.63. The summed E-state index contributed by atoms with van der Waals surface area (Å²) >= 11 is 2.01. The van der Waals surface area contributed by atoms with Crippen LogP contribution in [-0.2, 0) is 0 Å². The van der Waals surface area contributed by atoms with Crippen LogP contribution in [0.3, 0.4) is 0 Å². The highest BCUT2D eigenvalue weighted by Gasteiger charge is 2.15. The lowest BCUT2D eigenvalue weighted by molar-refractivity contribution is 0.294. The first kappa shape index (κ1) is 9.14. The van der Waals surface area contributed by atoms with E-state index in [1.54, 1.807) is 0 Å². The van der Waals surface area contributed by atoms with Gasteiger partial charge in [0.15, 0.2) is 0 Å². The van der Waals surface area contributed by atoms with Gasteiger partial charge in [0.25, 0.3) is 0 Å². The molecule has 0 aliphatic carbocycles. The lowest BCUT2D eigenvalue weighted by Crippen LogP contribution is -2.13. The Balaban J connectivity index is 2.27. The van der Waals surface area contributed by atoms with Crippen molar-refractivity contribution in [1.29, 1.82) is 0 Å².